The van der Waals surface area contributed by atoms with E-state index >= 15 is 0 Å². The molecule has 2 unspecified atom stereocenters. The van der Waals surface area contributed by atoms with Gasteiger partial charge in [0, 0.05) is 13.0 Å². The highest BCUT2D eigenvalue weighted by molar-refractivity contribution is 5.88. The predicted octanol–water partition coefficient (Wildman–Crippen LogP) is 2.12. The van der Waals surface area contributed by atoms with Crippen LogP contribution in [0.25, 0.3) is 0 Å². The fourth-order valence-corrected chi connectivity index (χ4v) is 3.10. The third-order valence-corrected chi connectivity index (χ3v) is 4.53. The number of carbonyl (C=O) groups excluding carboxylic acids is 2. The average molecular weight is 362 g/mol. The van der Waals surface area contributed by atoms with Gasteiger partial charge in [0.05, 0.1) is 6.04 Å². The molecule has 0 aliphatic carbocycles. The van der Waals surface area contributed by atoms with Crippen molar-refractivity contribution in [1.82, 2.24) is 10.2 Å². The van der Waals surface area contributed by atoms with Crippen LogP contribution in [-0.4, -0.2) is 47.0 Å². The SMILES string of the molecule is CCC(=O)N1CCCCC1C(=O)NC(C)c1ccc(OCC(=O)O)cc1. The Morgan fingerprint density at radius 2 is 1.96 bits per heavy atom. The van der Waals surface area contributed by atoms with E-state index in [-0.39, 0.29) is 17.9 Å². The lowest BCUT2D eigenvalue weighted by atomic mass is 10.00. The molecule has 7 heteroatoms. The summed E-state index contributed by atoms with van der Waals surface area (Å²) >= 11 is 0. The molecule has 26 heavy (non-hydrogen) atoms. The lowest BCUT2D eigenvalue weighted by Crippen LogP contribution is -2.52. The van der Waals surface area contributed by atoms with Gasteiger partial charge in [-0.2, -0.15) is 0 Å². The molecule has 0 aromatic heterocycles. The molecule has 1 fully saturated rings. The number of hydrogen-bond acceptors (Lipinski definition) is 4. The summed E-state index contributed by atoms with van der Waals surface area (Å²) in [6, 6.07) is 6.30. The van der Waals surface area contributed by atoms with Gasteiger partial charge < -0.3 is 20.1 Å². The Morgan fingerprint density at radius 3 is 2.58 bits per heavy atom. The third-order valence-electron chi connectivity index (χ3n) is 4.53. The molecule has 2 N–H and O–H groups in total. The summed E-state index contributed by atoms with van der Waals surface area (Å²) in [5.74, 6) is -0.697. The summed E-state index contributed by atoms with van der Waals surface area (Å²) < 4.78 is 5.10. The van der Waals surface area contributed by atoms with Crippen LogP contribution in [0.2, 0.25) is 0 Å². The van der Waals surface area contributed by atoms with Gasteiger partial charge in [-0.15, -0.1) is 0 Å². The smallest absolute Gasteiger partial charge is 0.341 e. The molecule has 7 nitrogen and oxygen atoms in total. The summed E-state index contributed by atoms with van der Waals surface area (Å²) in [7, 11) is 0. The summed E-state index contributed by atoms with van der Waals surface area (Å²) in [6.07, 6.45) is 2.96. The normalized spacial score (nSPS) is 18.1. The number of benzene rings is 1. The molecule has 0 saturated carbocycles. The largest absolute Gasteiger partial charge is 0.482 e. The molecule has 0 bridgehead atoms. The molecule has 2 rings (SSSR count). The van der Waals surface area contributed by atoms with Gasteiger partial charge >= 0.3 is 5.97 Å². The standard InChI is InChI=1S/C19H26N2O5/c1-3-17(22)21-11-5-4-6-16(21)19(25)20-13(2)14-7-9-15(10-8-14)26-12-18(23)24/h7-10,13,16H,3-6,11-12H2,1-2H3,(H,20,25)(H,23,24). The van der Waals surface area contributed by atoms with Gasteiger partial charge in [0.25, 0.3) is 0 Å². The highest BCUT2D eigenvalue weighted by Crippen LogP contribution is 2.21. The molecule has 1 saturated heterocycles. The van der Waals surface area contributed by atoms with Crippen molar-refractivity contribution in [2.24, 2.45) is 0 Å². The first-order valence-corrected chi connectivity index (χ1v) is 8.96. The van der Waals surface area contributed by atoms with Crippen molar-refractivity contribution in [3.8, 4) is 5.75 Å². The fraction of sp³-hybridized carbons (Fsp3) is 0.526. The van der Waals surface area contributed by atoms with E-state index in [1.807, 2.05) is 13.8 Å². The number of likely N-dealkylation sites (tertiary alicyclic amines) is 1. The number of carboxylic acid groups (broad SMARTS) is 1. The Bertz CT molecular complexity index is 644. The third kappa shape index (κ3) is 5.21. The average Bonchev–Trinajstić information content (AvgIpc) is 2.66. The molecule has 0 radical (unpaired) electrons. The van der Waals surface area contributed by atoms with E-state index in [2.05, 4.69) is 5.32 Å². The van der Waals surface area contributed by atoms with Gasteiger partial charge in [-0.05, 0) is 43.9 Å². The Balaban J connectivity index is 1.97. The van der Waals surface area contributed by atoms with Crippen molar-refractivity contribution in [2.75, 3.05) is 13.2 Å². The number of hydrogen-bond donors (Lipinski definition) is 2. The lowest BCUT2D eigenvalue weighted by Gasteiger charge is -2.35. The molecule has 0 spiro atoms. The highest BCUT2D eigenvalue weighted by Gasteiger charge is 2.31. The van der Waals surface area contributed by atoms with Crippen LogP contribution in [0.3, 0.4) is 0 Å². The van der Waals surface area contributed by atoms with E-state index in [0.717, 1.165) is 18.4 Å². The van der Waals surface area contributed by atoms with Crippen LogP contribution >= 0.6 is 0 Å². The molecular weight excluding hydrogens is 336 g/mol. The van der Waals surface area contributed by atoms with Crippen molar-refractivity contribution in [3.05, 3.63) is 29.8 Å². The molecule has 2 atom stereocenters. The first kappa shape index (κ1) is 19.8. The summed E-state index contributed by atoms with van der Waals surface area (Å²) in [6.45, 7) is 3.92. The highest BCUT2D eigenvalue weighted by atomic mass is 16.5. The minimum absolute atomic E-state index is 0.0115. The van der Waals surface area contributed by atoms with Crippen molar-refractivity contribution in [1.29, 1.82) is 0 Å². The molecule has 1 aromatic rings. The van der Waals surface area contributed by atoms with Crippen molar-refractivity contribution in [3.63, 3.8) is 0 Å². The zero-order valence-electron chi connectivity index (χ0n) is 15.2. The topological polar surface area (TPSA) is 95.9 Å². The van der Waals surface area contributed by atoms with Crippen LogP contribution in [0.4, 0.5) is 0 Å². The maximum absolute atomic E-state index is 12.7. The minimum atomic E-state index is -1.03. The number of carboxylic acids is 1. The molecule has 142 valence electrons. The van der Waals surface area contributed by atoms with E-state index in [9.17, 15) is 14.4 Å². The fourth-order valence-electron chi connectivity index (χ4n) is 3.10. The van der Waals surface area contributed by atoms with E-state index in [1.165, 1.54) is 0 Å². The number of rotatable bonds is 7. The van der Waals surface area contributed by atoms with Crippen LogP contribution in [0.1, 0.15) is 51.1 Å². The van der Waals surface area contributed by atoms with E-state index in [1.54, 1.807) is 29.2 Å². The van der Waals surface area contributed by atoms with Gasteiger partial charge in [-0.1, -0.05) is 19.1 Å². The number of nitrogens with zero attached hydrogens (tertiary/aromatic N) is 1. The van der Waals surface area contributed by atoms with Crippen molar-refractivity contribution >= 4 is 17.8 Å². The zero-order valence-corrected chi connectivity index (χ0v) is 15.2. The molecule has 1 heterocycles. The monoisotopic (exact) mass is 362 g/mol. The van der Waals surface area contributed by atoms with Crippen molar-refractivity contribution in [2.45, 2.75) is 51.6 Å². The van der Waals surface area contributed by atoms with Crippen LogP contribution in [-0.2, 0) is 14.4 Å². The molecule has 1 aliphatic heterocycles. The van der Waals surface area contributed by atoms with Gasteiger partial charge in [0.1, 0.15) is 11.8 Å². The van der Waals surface area contributed by atoms with Gasteiger partial charge in [-0.3, -0.25) is 9.59 Å². The van der Waals surface area contributed by atoms with E-state index < -0.39 is 18.6 Å². The summed E-state index contributed by atoms with van der Waals surface area (Å²) in [4.78, 5) is 36.9. The first-order chi connectivity index (χ1) is 12.4. The number of ether oxygens (including phenoxy) is 1. The number of nitrogens with one attached hydrogen (secondary N) is 1. The lowest BCUT2D eigenvalue weighted by molar-refractivity contribution is -0.142. The van der Waals surface area contributed by atoms with Crippen LogP contribution in [0.15, 0.2) is 24.3 Å². The van der Waals surface area contributed by atoms with Crippen molar-refractivity contribution < 1.29 is 24.2 Å². The zero-order chi connectivity index (χ0) is 19.1. The molecule has 2 amide bonds. The Hall–Kier alpha value is -2.57. The summed E-state index contributed by atoms with van der Waals surface area (Å²) in [5.41, 5.74) is 0.880. The molecule has 1 aliphatic rings. The number of piperidine rings is 1. The van der Waals surface area contributed by atoms with Crippen LogP contribution in [0, 0.1) is 0 Å². The maximum atomic E-state index is 12.7. The minimum Gasteiger partial charge on any atom is -0.482 e. The number of carbonyl (C=O) groups is 3. The number of aliphatic carboxylic acids is 1. The first-order valence-electron chi connectivity index (χ1n) is 8.96. The van der Waals surface area contributed by atoms with Gasteiger partial charge in [0.15, 0.2) is 6.61 Å². The Labute approximate surface area is 153 Å². The number of amides is 2. The van der Waals surface area contributed by atoms with E-state index in [4.69, 9.17) is 9.84 Å². The second kappa shape index (κ2) is 9.22. The Kier molecular flexibility index (Phi) is 7.00. The molecular formula is C19H26N2O5. The van der Waals surface area contributed by atoms with Gasteiger partial charge in [0.2, 0.25) is 11.8 Å². The quantitative estimate of drug-likeness (QED) is 0.774. The Morgan fingerprint density at radius 1 is 1.27 bits per heavy atom. The summed E-state index contributed by atoms with van der Waals surface area (Å²) in [5, 5.41) is 11.6. The maximum Gasteiger partial charge on any atom is 0.341 e. The molecule has 1 aromatic carbocycles. The second-order valence-corrected chi connectivity index (χ2v) is 6.43. The second-order valence-electron chi connectivity index (χ2n) is 6.43. The van der Waals surface area contributed by atoms with E-state index in [0.29, 0.717) is 25.1 Å². The van der Waals surface area contributed by atoms with Crippen LogP contribution in [0.5, 0.6) is 5.75 Å². The predicted molar refractivity (Wildman–Crippen MR) is 95.8 cm³/mol. The van der Waals surface area contributed by atoms with Crippen LogP contribution < -0.4 is 10.1 Å². The van der Waals surface area contributed by atoms with Gasteiger partial charge in [-0.25, -0.2) is 4.79 Å².